The normalized spacial score (nSPS) is 12.0. The largest absolute Gasteiger partial charge is 0.479 e. The van der Waals surface area contributed by atoms with Gasteiger partial charge in [-0.25, -0.2) is 4.79 Å². The van der Waals surface area contributed by atoms with E-state index in [0.29, 0.717) is 22.8 Å². The Labute approximate surface area is 151 Å². The van der Waals surface area contributed by atoms with Crippen molar-refractivity contribution < 1.29 is 19.4 Å². The van der Waals surface area contributed by atoms with Gasteiger partial charge in [-0.15, -0.1) is 0 Å². The Bertz CT molecular complexity index is 726. The first-order chi connectivity index (χ1) is 11.9. The van der Waals surface area contributed by atoms with Gasteiger partial charge in [0, 0.05) is 10.6 Å². The van der Waals surface area contributed by atoms with E-state index in [1.807, 2.05) is 13.8 Å². The van der Waals surface area contributed by atoms with E-state index in [4.69, 9.17) is 16.3 Å². The van der Waals surface area contributed by atoms with Crippen molar-refractivity contribution >= 4 is 23.5 Å². The minimum absolute atomic E-state index is 0.124. The highest BCUT2D eigenvalue weighted by molar-refractivity contribution is 6.30. The number of rotatable bonds is 7. The maximum absolute atomic E-state index is 12.3. The standard InChI is InChI=1S/C19H20ClNO4/c1-12(2)25-11-13-3-5-15(6-4-13)18(22)21-17(19(23)24)14-7-9-16(20)10-8-14/h3-10,12,17H,11H2,1-2H3,(H,21,22)(H,23,24). The first-order valence-electron chi connectivity index (χ1n) is 7.86. The van der Waals surface area contributed by atoms with Crippen molar-refractivity contribution in [2.24, 2.45) is 0 Å². The smallest absolute Gasteiger partial charge is 0.330 e. The topological polar surface area (TPSA) is 75.6 Å². The predicted molar refractivity (Wildman–Crippen MR) is 95.7 cm³/mol. The Morgan fingerprint density at radius 2 is 1.68 bits per heavy atom. The number of carbonyl (C=O) groups is 2. The molecule has 2 aromatic rings. The number of amides is 1. The van der Waals surface area contributed by atoms with Gasteiger partial charge in [-0.2, -0.15) is 0 Å². The monoisotopic (exact) mass is 361 g/mol. The van der Waals surface area contributed by atoms with E-state index in [-0.39, 0.29) is 6.10 Å². The van der Waals surface area contributed by atoms with Crippen LogP contribution in [0, 0.1) is 0 Å². The lowest BCUT2D eigenvalue weighted by Gasteiger charge is -2.15. The highest BCUT2D eigenvalue weighted by atomic mass is 35.5. The SMILES string of the molecule is CC(C)OCc1ccc(C(=O)NC(C(=O)O)c2ccc(Cl)cc2)cc1. The molecule has 0 aliphatic rings. The summed E-state index contributed by atoms with van der Waals surface area (Å²) in [6.07, 6.45) is 0.124. The number of carboxylic acids is 1. The van der Waals surface area contributed by atoms with Crippen LogP contribution in [0.4, 0.5) is 0 Å². The third kappa shape index (κ3) is 5.59. The van der Waals surface area contributed by atoms with Crippen molar-refractivity contribution in [3.63, 3.8) is 0 Å². The number of carboxylic acid groups (broad SMARTS) is 1. The zero-order valence-electron chi connectivity index (χ0n) is 14.0. The second-order valence-corrected chi connectivity index (χ2v) is 6.29. The second kappa shape index (κ2) is 8.65. The van der Waals surface area contributed by atoms with Crippen LogP contribution in [-0.4, -0.2) is 23.1 Å². The van der Waals surface area contributed by atoms with Crippen LogP contribution in [0.15, 0.2) is 48.5 Å². The molecule has 1 amide bonds. The summed E-state index contributed by atoms with van der Waals surface area (Å²) in [7, 11) is 0. The third-order valence-corrected chi connectivity index (χ3v) is 3.78. The van der Waals surface area contributed by atoms with Crippen molar-refractivity contribution in [3.8, 4) is 0 Å². The number of aliphatic carboxylic acids is 1. The highest BCUT2D eigenvalue weighted by Gasteiger charge is 2.22. The molecular formula is C19H20ClNO4. The Morgan fingerprint density at radius 3 is 2.20 bits per heavy atom. The minimum atomic E-state index is -1.14. The van der Waals surface area contributed by atoms with E-state index in [1.54, 1.807) is 48.5 Å². The van der Waals surface area contributed by atoms with Gasteiger partial charge in [0.2, 0.25) is 0 Å². The van der Waals surface area contributed by atoms with Gasteiger partial charge in [-0.05, 0) is 49.2 Å². The molecule has 0 fully saturated rings. The van der Waals surface area contributed by atoms with Crippen LogP contribution < -0.4 is 5.32 Å². The summed E-state index contributed by atoms with van der Waals surface area (Å²) in [6.45, 7) is 4.36. The Balaban J connectivity index is 2.08. The maximum Gasteiger partial charge on any atom is 0.330 e. The van der Waals surface area contributed by atoms with Crippen molar-refractivity contribution in [2.45, 2.75) is 32.6 Å². The van der Waals surface area contributed by atoms with Crippen molar-refractivity contribution in [1.29, 1.82) is 0 Å². The van der Waals surface area contributed by atoms with Gasteiger partial charge in [0.15, 0.2) is 6.04 Å². The molecule has 1 unspecified atom stereocenters. The summed E-state index contributed by atoms with van der Waals surface area (Å²) in [6, 6.07) is 12.1. The van der Waals surface area contributed by atoms with Crippen molar-refractivity contribution in [3.05, 3.63) is 70.2 Å². The molecule has 6 heteroatoms. The lowest BCUT2D eigenvalue weighted by atomic mass is 10.1. The number of benzene rings is 2. The number of hydrogen-bond donors (Lipinski definition) is 2. The van der Waals surface area contributed by atoms with Crippen LogP contribution in [0.2, 0.25) is 5.02 Å². The molecule has 5 nitrogen and oxygen atoms in total. The van der Waals surface area contributed by atoms with E-state index in [0.717, 1.165) is 5.56 Å². The first-order valence-corrected chi connectivity index (χ1v) is 8.24. The van der Waals surface area contributed by atoms with Gasteiger partial charge in [-0.3, -0.25) is 4.79 Å². The van der Waals surface area contributed by atoms with Crippen LogP contribution >= 0.6 is 11.6 Å². The maximum atomic E-state index is 12.3. The number of hydrogen-bond acceptors (Lipinski definition) is 3. The molecule has 0 aliphatic heterocycles. The minimum Gasteiger partial charge on any atom is -0.479 e. The molecule has 0 heterocycles. The number of ether oxygens (including phenoxy) is 1. The molecule has 0 radical (unpaired) electrons. The van der Waals surface area contributed by atoms with Gasteiger partial charge in [0.05, 0.1) is 12.7 Å². The fraction of sp³-hybridized carbons (Fsp3) is 0.263. The lowest BCUT2D eigenvalue weighted by molar-refractivity contribution is -0.139. The van der Waals surface area contributed by atoms with Crippen LogP contribution in [-0.2, 0) is 16.1 Å². The van der Waals surface area contributed by atoms with E-state index < -0.39 is 17.9 Å². The number of nitrogens with one attached hydrogen (secondary N) is 1. The summed E-state index contributed by atoms with van der Waals surface area (Å²) in [5.74, 6) is -1.60. The Hall–Kier alpha value is -2.37. The van der Waals surface area contributed by atoms with E-state index >= 15 is 0 Å². The zero-order valence-corrected chi connectivity index (χ0v) is 14.8. The molecule has 0 saturated heterocycles. The average Bonchev–Trinajstić information content (AvgIpc) is 2.59. The lowest BCUT2D eigenvalue weighted by Crippen LogP contribution is -2.33. The molecule has 0 aromatic heterocycles. The Morgan fingerprint density at radius 1 is 1.08 bits per heavy atom. The molecule has 2 aromatic carbocycles. The molecular weight excluding hydrogens is 342 g/mol. The fourth-order valence-electron chi connectivity index (χ4n) is 2.17. The molecule has 1 atom stereocenters. The molecule has 0 spiro atoms. The summed E-state index contributed by atoms with van der Waals surface area (Å²) in [4.78, 5) is 23.8. The van der Waals surface area contributed by atoms with Crippen LogP contribution in [0.5, 0.6) is 0 Å². The average molecular weight is 362 g/mol. The summed E-state index contributed by atoms with van der Waals surface area (Å²) in [5, 5.41) is 12.4. The van der Waals surface area contributed by atoms with Gasteiger partial charge < -0.3 is 15.2 Å². The van der Waals surface area contributed by atoms with Gasteiger partial charge in [-0.1, -0.05) is 35.9 Å². The first kappa shape index (κ1) is 19.0. The van der Waals surface area contributed by atoms with Crippen LogP contribution in [0.3, 0.4) is 0 Å². The van der Waals surface area contributed by atoms with Gasteiger partial charge >= 0.3 is 5.97 Å². The van der Waals surface area contributed by atoms with E-state index in [1.165, 1.54) is 0 Å². The summed E-state index contributed by atoms with van der Waals surface area (Å²) >= 11 is 5.81. The molecule has 132 valence electrons. The zero-order chi connectivity index (χ0) is 18.4. The van der Waals surface area contributed by atoms with Crippen molar-refractivity contribution in [1.82, 2.24) is 5.32 Å². The molecule has 2 N–H and O–H groups in total. The number of carbonyl (C=O) groups excluding carboxylic acids is 1. The molecule has 0 aliphatic carbocycles. The van der Waals surface area contributed by atoms with Crippen LogP contribution in [0.1, 0.15) is 41.4 Å². The van der Waals surface area contributed by atoms with Crippen molar-refractivity contribution in [2.75, 3.05) is 0 Å². The van der Waals surface area contributed by atoms with Gasteiger partial charge in [0.25, 0.3) is 5.91 Å². The highest BCUT2D eigenvalue weighted by Crippen LogP contribution is 2.18. The fourth-order valence-corrected chi connectivity index (χ4v) is 2.30. The van der Waals surface area contributed by atoms with E-state index in [9.17, 15) is 14.7 Å². The predicted octanol–water partition coefficient (Wildman–Crippen LogP) is 3.82. The number of halogens is 1. The Kier molecular flexibility index (Phi) is 6.56. The summed E-state index contributed by atoms with van der Waals surface area (Å²) in [5.41, 5.74) is 1.78. The molecule has 25 heavy (non-hydrogen) atoms. The quantitative estimate of drug-likeness (QED) is 0.786. The van der Waals surface area contributed by atoms with Gasteiger partial charge in [0.1, 0.15) is 0 Å². The molecule has 0 bridgehead atoms. The molecule has 0 saturated carbocycles. The molecule has 2 rings (SSSR count). The second-order valence-electron chi connectivity index (χ2n) is 5.85. The third-order valence-electron chi connectivity index (χ3n) is 3.53. The van der Waals surface area contributed by atoms with E-state index in [2.05, 4.69) is 5.32 Å². The summed E-state index contributed by atoms with van der Waals surface area (Å²) < 4.78 is 5.50. The van der Waals surface area contributed by atoms with Crippen LogP contribution in [0.25, 0.3) is 0 Å².